The first-order chi connectivity index (χ1) is 12.6. The maximum Gasteiger partial charge on any atom is 0.340 e. The number of carbonyl (C=O) groups excluding carboxylic acids is 1. The third-order valence-electron chi connectivity index (χ3n) is 4.11. The number of unbranched alkanes of at least 4 members (excludes halogenated alkanes) is 5. The molecule has 0 aromatic heterocycles. The van der Waals surface area contributed by atoms with E-state index >= 15 is 0 Å². The zero-order valence-electron chi connectivity index (χ0n) is 16.4. The van der Waals surface area contributed by atoms with Crippen LogP contribution < -0.4 is 0 Å². The van der Waals surface area contributed by atoms with E-state index < -0.39 is 12.3 Å². The Morgan fingerprint density at radius 3 is 2.15 bits per heavy atom. The molecule has 0 saturated heterocycles. The van der Waals surface area contributed by atoms with Gasteiger partial charge in [-0.25, -0.2) is 4.79 Å². The van der Waals surface area contributed by atoms with Crippen molar-refractivity contribution in [2.24, 2.45) is 0 Å². The highest BCUT2D eigenvalue weighted by molar-refractivity contribution is 5.89. The van der Waals surface area contributed by atoms with Crippen LogP contribution in [0.15, 0.2) is 24.3 Å². The Bertz CT molecular complexity index is 486. The van der Waals surface area contributed by atoms with Crippen molar-refractivity contribution in [3.05, 3.63) is 29.8 Å². The molecule has 0 amide bonds. The lowest BCUT2D eigenvalue weighted by Crippen LogP contribution is -2.28. The van der Waals surface area contributed by atoms with Gasteiger partial charge >= 0.3 is 5.97 Å². The largest absolute Gasteiger partial charge is 0.508 e. The number of aromatic hydroxyl groups is 1. The van der Waals surface area contributed by atoms with Gasteiger partial charge in [-0.05, 0) is 37.1 Å². The smallest absolute Gasteiger partial charge is 0.340 e. The Balaban J connectivity index is 2.34. The van der Waals surface area contributed by atoms with Gasteiger partial charge in [0, 0.05) is 13.0 Å². The van der Waals surface area contributed by atoms with Crippen LogP contribution >= 0.6 is 0 Å². The molecule has 1 rings (SSSR count). The third kappa shape index (κ3) is 9.20. The van der Waals surface area contributed by atoms with Crippen LogP contribution in [0, 0.1) is 0 Å². The van der Waals surface area contributed by atoms with Crippen LogP contribution in [0.25, 0.3) is 0 Å². The monoisotopic (exact) mass is 366 g/mol. The van der Waals surface area contributed by atoms with Crippen molar-refractivity contribution in [1.82, 2.24) is 0 Å². The summed E-state index contributed by atoms with van der Waals surface area (Å²) < 4.78 is 17.0. The summed E-state index contributed by atoms with van der Waals surface area (Å²) in [6.45, 7) is 6.76. The number of phenols is 1. The molecule has 0 spiro atoms. The fraction of sp³-hybridized carbons (Fsp3) is 0.667. The molecule has 5 nitrogen and oxygen atoms in total. The summed E-state index contributed by atoms with van der Waals surface area (Å²) in [7, 11) is 0. The lowest BCUT2D eigenvalue weighted by molar-refractivity contribution is -0.229. The lowest BCUT2D eigenvalue weighted by Gasteiger charge is -2.23. The number of benzene rings is 1. The first-order valence-electron chi connectivity index (χ1n) is 9.87. The maximum atomic E-state index is 12.2. The number of esters is 1. The molecule has 0 aliphatic rings. The van der Waals surface area contributed by atoms with Crippen molar-refractivity contribution >= 4 is 5.97 Å². The summed E-state index contributed by atoms with van der Waals surface area (Å²) >= 11 is 0. The normalized spacial score (nSPS) is 13.3. The van der Waals surface area contributed by atoms with Gasteiger partial charge in [-0.3, -0.25) is 0 Å². The standard InChI is InChI=1S/C21H34O5/c1-4-7-8-9-10-11-16-24-19(5-2)25-20(6-3)26-21(23)17-12-14-18(22)15-13-17/h12-15,19-20,22H,4-11,16H2,1-3H3. The highest BCUT2D eigenvalue weighted by Crippen LogP contribution is 2.15. The van der Waals surface area contributed by atoms with Crippen LogP contribution in [0.1, 0.15) is 82.5 Å². The molecule has 1 N–H and O–H groups in total. The quantitative estimate of drug-likeness (QED) is 0.271. The molecule has 26 heavy (non-hydrogen) atoms. The van der Waals surface area contributed by atoms with Crippen molar-refractivity contribution in [3.63, 3.8) is 0 Å². The van der Waals surface area contributed by atoms with Gasteiger partial charge in [0.2, 0.25) is 6.29 Å². The fourth-order valence-corrected chi connectivity index (χ4v) is 2.51. The summed E-state index contributed by atoms with van der Waals surface area (Å²) in [6, 6.07) is 5.96. The van der Waals surface area contributed by atoms with E-state index in [0.717, 1.165) is 6.42 Å². The van der Waals surface area contributed by atoms with Crippen molar-refractivity contribution in [3.8, 4) is 5.75 Å². The minimum atomic E-state index is -0.647. The molecule has 2 atom stereocenters. The second-order valence-corrected chi connectivity index (χ2v) is 6.40. The van der Waals surface area contributed by atoms with Crippen molar-refractivity contribution in [2.45, 2.75) is 84.7 Å². The topological polar surface area (TPSA) is 65.0 Å². The number of ether oxygens (including phenoxy) is 3. The molecule has 5 heteroatoms. The second kappa shape index (κ2) is 13.6. The van der Waals surface area contributed by atoms with Crippen LogP contribution in [0.2, 0.25) is 0 Å². The molecule has 0 saturated carbocycles. The van der Waals surface area contributed by atoms with Gasteiger partial charge in [-0.2, -0.15) is 0 Å². The molecular weight excluding hydrogens is 332 g/mol. The van der Waals surface area contributed by atoms with E-state index in [-0.39, 0.29) is 12.0 Å². The fourth-order valence-electron chi connectivity index (χ4n) is 2.51. The van der Waals surface area contributed by atoms with Crippen LogP contribution in [0.5, 0.6) is 5.75 Å². The van der Waals surface area contributed by atoms with Gasteiger partial charge in [0.05, 0.1) is 5.56 Å². The molecule has 0 bridgehead atoms. The third-order valence-corrected chi connectivity index (χ3v) is 4.11. The molecular formula is C21H34O5. The SMILES string of the molecule is CCCCCCCCOC(CC)OC(CC)OC(=O)c1ccc(O)cc1. The van der Waals surface area contributed by atoms with Gasteiger partial charge in [0.1, 0.15) is 5.75 Å². The van der Waals surface area contributed by atoms with E-state index in [2.05, 4.69) is 6.92 Å². The number of hydrogen-bond donors (Lipinski definition) is 1. The minimum Gasteiger partial charge on any atom is -0.508 e. The van der Waals surface area contributed by atoms with Gasteiger partial charge in [-0.1, -0.05) is 52.9 Å². The van der Waals surface area contributed by atoms with E-state index in [1.54, 1.807) is 0 Å². The predicted molar refractivity (Wildman–Crippen MR) is 102 cm³/mol. The Morgan fingerprint density at radius 1 is 0.923 bits per heavy atom. The number of rotatable bonds is 14. The molecule has 0 aliphatic carbocycles. The maximum absolute atomic E-state index is 12.2. The highest BCUT2D eigenvalue weighted by Gasteiger charge is 2.19. The van der Waals surface area contributed by atoms with Crippen molar-refractivity contribution in [2.75, 3.05) is 6.61 Å². The van der Waals surface area contributed by atoms with Crippen molar-refractivity contribution in [1.29, 1.82) is 0 Å². The lowest BCUT2D eigenvalue weighted by atomic mass is 10.1. The van der Waals surface area contributed by atoms with Gasteiger partial charge in [0.25, 0.3) is 0 Å². The number of phenolic OH excluding ortho intramolecular Hbond substituents is 1. The average Bonchev–Trinajstić information content (AvgIpc) is 2.65. The Hall–Kier alpha value is -1.59. The van der Waals surface area contributed by atoms with E-state index in [1.807, 2.05) is 13.8 Å². The molecule has 1 aromatic rings. The van der Waals surface area contributed by atoms with Crippen LogP contribution in [-0.4, -0.2) is 30.3 Å². The molecule has 0 aliphatic heterocycles. The molecule has 0 fully saturated rings. The van der Waals surface area contributed by atoms with Crippen LogP contribution in [0.3, 0.4) is 0 Å². The molecule has 0 heterocycles. The zero-order chi connectivity index (χ0) is 19.2. The molecule has 1 aromatic carbocycles. The Labute approximate surface area is 157 Å². The summed E-state index contributed by atoms with van der Waals surface area (Å²) in [5.41, 5.74) is 0.380. The van der Waals surface area contributed by atoms with Gasteiger partial charge < -0.3 is 19.3 Å². The summed E-state index contributed by atoms with van der Waals surface area (Å²) in [6.07, 6.45) is 7.50. The minimum absolute atomic E-state index is 0.110. The first kappa shape index (κ1) is 22.5. The second-order valence-electron chi connectivity index (χ2n) is 6.40. The van der Waals surface area contributed by atoms with Gasteiger partial charge in [-0.15, -0.1) is 0 Å². The van der Waals surface area contributed by atoms with E-state index in [0.29, 0.717) is 25.0 Å². The van der Waals surface area contributed by atoms with Gasteiger partial charge in [0.15, 0.2) is 6.29 Å². The summed E-state index contributed by atoms with van der Waals surface area (Å²) in [5.74, 6) is -0.360. The molecule has 0 radical (unpaired) electrons. The number of carbonyl (C=O) groups is 1. The first-order valence-corrected chi connectivity index (χ1v) is 9.87. The van der Waals surface area contributed by atoms with E-state index in [1.165, 1.54) is 56.4 Å². The van der Waals surface area contributed by atoms with E-state index in [4.69, 9.17) is 14.2 Å². The molecule has 2 unspecified atom stereocenters. The van der Waals surface area contributed by atoms with Crippen molar-refractivity contribution < 1.29 is 24.1 Å². The summed E-state index contributed by atoms with van der Waals surface area (Å²) in [5, 5.41) is 9.29. The predicted octanol–water partition coefficient (Wildman–Crippen LogP) is 5.41. The Kier molecular flexibility index (Phi) is 11.7. The average molecular weight is 366 g/mol. The summed E-state index contributed by atoms with van der Waals surface area (Å²) in [4.78, 5) is 12.2. The highest BCUT2D eigenvalue weighted by atomic mass is 16.8. The van der Waals surface area contributed by atoms with Crippen LogP contribution in [-0.2, 0) is 14.2 Å². The van der Waals surface area contributed by atoms with E-state index in [9.17, 15) is 9.90 Å². The van der Waals surface area contributed by atoms with Crippen LogP contribution in [0.4, 0.5) is 0 Å². The molecule has 148 valence electrons. The zero-order valence-corrected chi connectivity index (χ0v) is 16.4. The Morgan fingerprint density at radius 2 is 1.54 bits per heavy atom. The number of hydrogen-bond acceptors (Lipinski definition) is 5.